The third kappa shape index (κ3) is 2.15. The first-order valence-electron chi connectivity index (χ1n) is 3.93. The summed E-state index contributed by atoms with van der Waals surface area (Å²) in [5.74, 6) is -1.47. The Kier molecular flexibility index (Phi) is 2.80. The maximum Gasteiger partial charge on any atom is 0.335 e. The van der Waals surface area contributed by atoms with Crippen molar-refractivity contribution in [2.45, 2.75) is 6.42 Å². The number of aliphatic carboxylic acids is 1. The van der Waals surface area contributed by atoms with E-state index in [1.165, 1.54) is 6.08 Å². The molecule has 1 aliphatic carbocycles. The summed E-state index contributed by atoms with van der Waals surface area (Å²) < 4.78 is 0. The van der Waals surface area contributed by atoms with Crippen molar-refractivity contribution in [2.75, 3.05) is 0 Å². The molecule has 0 fully saturated rings. The zero-order valence-corrected chi connectivity index (χ0v) is 7.06. The van der Waals surface area contributed by atoms with Crippen LogP contribution >= 0.6 is 0 Å². The topological polar surface area (TPSA) is 54.4 Å². The highest BCUT2D eigenvalue weighted by Crippen LogP contribution is 2.16. The summed E-state index contributed by atoms with van der Waals surface area (Å²) in [6, 6.07) is 0. The van der Waals surface area contributed by atoms with E-state index in [2.05, 4.69) is 6.58 Å². The number of allylic oxidation sites excluding steroid dienone is 3. The number of carboxylic acids is 1. The van der Waals surface area contributed by atoms with E-state index in [4.69, 9.17) is 5.11 Å². The molecule has 13 heavy (non-hydrogen) atoms. The molecule has 3 heteroatoms. The minimum atomic E-state index is -1.07. The van der Waals surface area contributed by atoms with Crippen molar-refractivity contribution in [3.8, 4) is 0 Å². The van der Waals surface area contributed by atoms with Gasteiger partial charge in [0.15, 0.2) is 5.78 Å². The van der Waals surface area contributed by atoms with Gasteiger partial charge >= 0.3 is 5.97 Å². The van der Waals surface area contributed by atoms with Crippen molar-refractivity contribution in [3.63, 3.8) is 0 Å². The van der Waals surface area contributed by atoms with Crippen LogP contribution < -0.4 is 0 Å². The molecule has 0 spiro atoms. The first kappa shape index (κ1) is 9.45. The number of rotatable bonds is 3. The van der Waals surface area contributed by atoms with Gasteiger partial charge in [-0.2, -0.15) is 0 Å². The smallest absolute Gasteiger partial charge is 0.335 e. The van der Waals surface area contributed by atoms with E-state index in [0.29, 0.717) is 6.42 Å². The molecule has 68 valence electrons. The van der Waals surface area contributed by atoms with E-state index < -0.39 is 5.97 Å². The first-order valence-corrected chi connectivity index (χ1v) is 3.93. The Morgan fingerprint density at radius 1 is 1.69 bits per heavy atom. The Bertz CT molecular complexity index is 310. The summed E-state index contributed by atoms with van der Waals surface area (Å²) in [5.41, 5.74) is 0.0466. The molecule has 0 heterocycles. The van der Waals surface area contributed by atoms with Gasteiger partial charge in [-0.3, -0.25) is 4.79 Å². The molecule has 0 amide bonds. The molecule has 1 atom stereocenters. The van der Waals surface area contributed by atoms with Gasteiger partial charge in [-0.1, -0.05) is 18.2 Å². The molecule has 0 aliphatic heterocycles. The Morgan fingerprint density at radius 3 is 2.85 bits per heavy atom. The highest BCUT2D eigenvalue weighted by Gasteiger charge is 2.18. The van der Waals surface area contributed by atoms with E-state index in [0.717, 1.165) is 6.08 Å². The molecule has 3 nitrogen and oxygen atoms in total. The molecular weight excluding hydrogens is 168 g/mol. The largest absolute Gasteiger partial charge is 0.478 e. The van der Waals surface area contributed by atoms with Crippen molar-refractivity contribution >= 4 is 11.8 Å². The lowest BCUT2D eigenvalue weighted by molar-refractivity contribution is -0.132. The summed E-state index contributed by atoms with van der Waals surface area (Å²) in [4.78, 5) is 21.7. The van der Waals surface area contributed by atoms with Gasteiger partial charge in [-0.15, -0.1) is 6.58 Å². The average molecular weight is 178 g/mol. The van der Waals surface area contributed by atoms with Crippen LogP contribution in [0.5, 0.6) is 0 Å². The van der Waals surface area contributed by atoms with Crippen molar-refractivity contribution < 1.29 is 14.7 Å². The van der Waals surface area contributed by atoms with Gasteiger partial charge < -0.3 is 5.11 Å². The van der Waals surface area contributed by atoms with E-state index >= 15 is 0 Å². The predicted octanol–water partition coefficient (Wildman–Crippen LogP) is 1.33. The van der Waals surface area contributed by atoms with Gasteiger partial charge in [0, 0.05) is 5.92 Å². The molecule has 0 aromatic heterocycles. The number of carbonyl (C=O) groups excluding carboxylic acids is 1. The van der Waals surface area contributed by atoms with Gasteiger partial charge in [-0.05, 0) is 12.5 Å². The molecule has 1 aliphatic rings. The second-order valence-electron chi connectivity index (χ2n) is 2.80. The van der Waals surface area contributed by atoms with Crippen LogP contribution in [0.1, 0.15) is 6.42 Å². The second-order valence-corrected chi connectivity index (χ2v) is 2.80. The summed E-state index contributed by atoms with van der Waals surface area (Å²) >= 11 is 0. The van der Waals surface area contributed by atoms with Crippen molar-refractivity contribution in [1.82, 2.24) is 0 Å². The van der Waals surface area contributed by atoms with Crippen LogP contribution in [-0.2, 0) is 9.59 Å². The van der Waals surface area contributed by atoms with Crippen molar-refractivity contribution in [3.05, 3.63) is 36.5 Å². The fraction of sp³-hybridized carbons (Fsp3) is 0.200. The number of ketones is 1. The molecule has 1 rings (SSSR count). The quantitative estimate of drug-likeness (QED) is 0.663. The molecule has 0 saturated heterocycles. The van der Waals surface area contributed by atoms with Crippen LogP contribution in [0.25, 0.3) is 0 Å². The normalized spacial score (nSPS) is 21.1. The standard InChI is InChI=1S/C10H10O3/c1-2-3-7-4-5-8(10(12)13)6-9(7)11/h2,4-7H,1,3H2,(H,12,13). The first-order chi connectivity index (χ1) is 6.15. The zero-order chi connectivity index (χ0) is 9.84. The second kappa shape index (κ2) is 3.85. The minimum Gasteiger partial charge on any atom is -0.478 e. The summed E-state index contributed by atoms with van der Waals surface area (Å²) in [7, 11) is 0. The van der Waals surface area contributed by atoms with Gasteiger partial charge in [0.2, 0.25) is 0 Å². The molecule has 0 saturated carbocycles. The number of carbonyl (C=O) groups is 2. The maximum absolute atomic E-state index is 11.3. The van der Waals surface area contributed by atoms with Crippen LogP contribution in [0.2, 0.25) is 0 Å². The summed E-state index contributed by atoms with van der Waals surface area (Å²) in [5, 5.41) is 8.58. The number of hydrogen-bond donors (Lipinski definition) is 1. The average Bonchev–Trinajstić information content (AvgIpc) is 2.08. The lowest BCUT2D eigenvalue weighted by Gasteiger charge is -2.10. The molecule has 1 N–H and O–H groups in total. The predicted molar refractivity (Wildman–Crippen MR) is 48.2 cm³/mol. The van der Waals surface area contributed by atoms with Crippen molar-refractivity contribution in [1.29, 1.82) is 0 Å². The SMILES string of the molecule is C=CCC1C=CC(C(=O)O)=CC1=O. The van der Waals surface area contributed by atoms with Gasteiger partial charge in [0.1, 0.15) is 0 Å². The Labute approximate surface area is 76.1 Å². The van der Waals surface area contributed by atoms with Crippen LogP contribution in [0, 0.1) is 5.92 Å². The van der Waals surface area contributed by atoms with Gasteiger partial charge in [-0.25, -0.2) is 4.79 Å². The lowest BCUT2D eigenvalue weighted by Crippen LogP contribution is -2.15. The lowest BCUT2D eigenvalue weighted by atomic mass is 9.93. The van der Waals surface area contributed by atoms with Crippen LogP contribution in [-0.4, -0.2) is 16.9 Å². The summed E-state index contributed by atoms with van der Waals surface area (Å²) in [6.07, 6.45) is 6.42. The third-order valence-corrected chi connectivity index (χ3v) is 1.84. The molecule has 0 bridgehead atoms. The van der Waals surface area contributed by atoms with E-state index in [-0.39, 0.29) is 17.3 Å². The minimum absolute atomic E-state index is 0.0466. The summed E-state index contributed by atoms with van der Waals surface area (Å²) in [6.45, 7) is 3.52. The Hall–Kier alpha value is -1.64. The monoisotopic (exact) mass is 178 g/mol. The highest BCUT2D eigenvalue weighted by molar-refractivity contribution is 6.03. The van der Waals surface area contributed by atoms with E-state index in [1.807, 2.05) is 0 Å². The Morgan fingerprint density at radius 2 is 2.38 bits per heavy atom. The molecule has 0 radical (unpaired) electrons. The third-order valence-electron chi connectivity index (χ3n) is 1.84. The number of carboxylic acid groups (broad SMARTS) is 1. The molecular formula is C10H10O3. The van der Waals surface area contributed by atoms with Gasteiger partial charge in [0.05, 0.1) is 5.57 Å². The van der Waals surface area contributed by atoms with Gasteiger partial charge in [0.25, 0.3) is 0 Å². The highest BCUT2D eigenvalue weighted by atomic mass is 16.4. The zero-order valence-electron chi connectivity index (χ0n) is 7.06. The number of hydrogen-bond acceptors (Lipinski definition) is 2. The molecule has 0 aromatic rings. The van der Waals surface area contributed by atoms with E-state index in [9.17, 15) is 9.59 Å². The van der Waals surface area contributed by atoms with Crippen LogP contribution in [0.15, 0.2) is 36.5 Å². The van der Waals surface area contributed by atoms with Crippen LogP contribution in [0.3, 0.4) is 0 Å². The fourth-order valence-corrected chi connectivity index (χ4v) is 1.13. The van der Waals surface area contributed by atoms with Crippen LogP contribution in [0.4, 0.5) is 0 Å². The molecule has 1 unspecified atom stereocenters. The molecule has 0 aromatic carbocycles. The fourth-order valence-electron chi connectivity index (χ4n) is 1.13. The van der Waals surface area contributed by atoms with E-state index in [1.54, 1.807) is 12.2 Å². The van der Waals surface area contributed by atoms with Crippen molar-refractivity contribution in [2.24, 2.45) is 5.92 Å². The Balaban J connectivity index is 2.78. The maximum atomic E-state index is 11.3.